The van der Waals surface area contributed by atoms with Gasteiger partial charge in [-0.1, -0.05) is 184 Å². The van der Waals surface area contributed by atoms with Crippen LogP contribution in [0.3, 0.4) is 0 Å². The van der Waals surface area contributed by atoms with Crippen molar-refractivity contribution < 1.29 is 86.7 Å². The van der Waals surface area contributed by atoms with E-state index in [2.05, 4.69) is 267 Å². The number of hydrogen-bond donors (Lipinski definition) is 0. The van der Waals surface area contributed by atoms with E-state index >= 15 is 0 Å². The van der Waals surface area contributed by atoms with Gasteiger partial charge >= 0.3 is 18.1 Å². The fourth-order valence-electron chi connectivity index (χ4n) is 21.2. The molecule has 6 unspecified atom stereocenters. The largest absolute Gasteiger partial charge is 0.748 e. The van der Waals surface area contributed by atoms with Gasteiger partial charge in [-0.2, -0.15) is 13.2 Å². The summed E-state index contributed by atoms with van der Waals surface area (Å²) in [5, 5.41) is 2.79. The molecule has 696 valence electrons. The van der Waals surface area contributed by atoms with Gasteiger partial charge in [-0.05, 0) is 256 Å². The molecular formula is C108H121F7O12S4+2. The highest BCUT2D eigenvalue weighted by molar-refractivity contribution is 7.97. The van der Waals surface area contributed by atoms with Crippen LogP contribution in [0.2, 0.25) is 0 Å². The van der Waals surface area contributed by atoms with Crippen molar-refractivity contribution >= 4 is 97.6 Å². The monoisotopic (exact) mass is 1870 g/mol. The maximum atomic E-state index is 13.8. The smallest absolute Gasteiger partial charge is 0.426 e. The van der Waals surface area contributed by atoms with Gasteiger partial charge in [0.25, 0.3) is 11.8 Å². The van der Waals surface area contributed by atoms with Crippen LogP contribution in [-0.4, -0.2) is 90.1 Å². The molecule has 1 heterocycles. The maximum absolute atomic E-state index is 13.8. The molecule has 0 saturated heterocycles. The van der Waals surface area contributed by atoms with E-state index in [4.69, 9.17) is 14.2 Å². The Balaban J connectivity index is 0.000000144. The molecule has 0 radical (unpaired) electrons. The lowest BCUT2D eigenvalue weighted by Crippen LogP contribution is -2.60. The van der Waals surface area contributed by atoms with E-state index in [9.17, 15) is 72.5 Å². The van der Waals surface area contributed by atoms with Crippen molar-refractivity contribution in [1.82, 2.24) is 0 Å². The zero-order valence-corrected chi connectivity index (χ0v) is 80.1. The quantitative estimate of drug-likeness (QED) is 0.0304. The van der Waals surface area contributed by atoms with Crippen molar-refractivity contribution in [3.8, 4) is 10.6 Å². The molecule has 0 spiro atoms. The Labute approximate surface area is 775 Å². The van der Waals surface area contributed by atoms with Crippen LogP contribution in [0.15, 0.2) is 272 Å². The number of esters is 2. The van der Waals surface area contributed by atoms with Crippen LogP contribution in [0.25, 0.3) is 25.1 Å². The maximum Gasteiger partial charge on any atom is 0.426 e. The highest BCUT2D eigenvalue weighted by atomic mass is 32.2. The third-order valence-corrected chi connectivity index (χ3v) is 36.1. The molecule has 23 heteroatoms. The van der Waals surface area contributed by atoms with Crippen molar-refractivity contribution in [3.63, 3.8) is 0 Å². The standard InChI is InChI=1S/C29H33F3O4S2.C28H40F2O5.C18H13S.C18H15S.C15H20F2O3/c1-27(2,3)20-7-13-23(14-8-20)37(24-15-9-21(10-16-24)28(4,5)6)25-17-11-22(12-18-25)36-26(29(30,31)32)19-38(33,34)35;1-15(6-9-24(34)35-16(2)28(5,29)30)19-7-8-20-25-21(14-23(33)27(19,20)4)26(3)11-10-18(31)12-17(26)13-22(25)32;1-2-8-14(9-3-1)19-17-12-6-4-10-15(17)16-11-5-7-13-18(16)19;1-4-10-16(11-5-1)19(17-12-6-2-7-13-17)18-14-8-3-9-15-18;1-8(14(2,16)17)20-13(19)15-5-9-3-10(6-15)12(18)11(4-9)7-15/h7-18,26H,19H2,1-6H3;15-17,19-21,25H,6-14H2,1-5H3;1-13H;1-15H;8-11H,3-7H2,1-2H3/q;;2*+1;/t;15?,16?,17-,19+,20-,21-,25-,26-,27+;;;/m.0.../s1. The Bertz CT molecular complexity index is 5550. The molecule has 0 N–H and O–H groups in total. The van der Waals surface area contributed by atoms with E-state index in [0.717, 1.165) is 60.6 Å². The summed E-state index contributed by atoms with van der Waals surface area (Å²) >= 11 is 0. The van der Waals surface area contributed by atoms with Crippen LogP contribution >= 0.6 is 10.5 Å². The number of halogens is 7. The first-order chi connectivity index (χ1) is 61.6. The number of carbonyl (C=O) groups is 6. The number of ether oxygens (including phenoxy) is 3. The average Bonchev–Trinajstić information content (AvgIpc) is 1.67. The highest BCUT2D eigenvalue weighted by Crippen LogP contribution is 2.67. The summed E-state index contributed by atoms with van der Waals surface area (Å²) in [6.45, 7) is 23.0. The Morgan fingerprint density at radius 2 is 0.947 bits per heavy atom. The van der Waals surface area contributed by atoms with Crippen LogP contribution in [0.4, 0.5) is 30.7 Å². The molecule has 8 fully saturated rings. The lowest BCUT2D eigenvalue weighted by atomic mass is 9.44. The van der Waals surface area contributed by atoms with Crippen LogP contribution in [0.1, 0.15) is 191 Å². The molecule has 9 aromatic carbocycles. The molecule has 4 bridgehead atoms. The molecule has 10 aromatic rings. The number of benzene rings is 9. The second kappa shape index (κ2) is 40.1. The lowest BCUT2D eigenvalue weighted by molar-refractivity contribution is -0.192. The van der Waals surface area contributed by atoms with Crippen molar-refractivity contribution in [3.05, 3.63) is 254 Å². The van der Waals surface area contributed by atoms with Crippen molar-refractivity contribution in [1.29, 1.82) is 0 Å². The number of hydrogen-bond acceptors (Lipinski definition) is 12. The van der Waals surface area contributed by atoms with Gasteiger partial charge in [0.15, 0.2) is 55.9 Å². The first-order valence-electron chi connectivity index (χ1n) is 45.5. The third-order valence-electron chi connectivity index (χ3n) is 28.5. The lowest BCUT2D eigenvalue weighted by Gasteiger charge is -2.58. The summed E-state index contributed by atoms with van der Waals surface area (Å²) in [6.07, 6.45) is -2.50. The van der Waals surface area contributed by atoms with Crippen LogP contribution in [0.5, 0.6) is 5.75 Å². The summed E-state index contributed by atoms with van der Waals surface area (Å²) in [4.78, 5) is 84.4. The molecule has 0 aliphatic heterocycles. The Hall–Kier alpha value is -9.26. The van der Waals surface area contributed by atoms with Gasteiger partial charge in [0, 0.05) is 90.4 Å². The van der Waals surface area contributed by atoms with E-state index in [1.54, 1.807) is 12.1 Å². The molecule has 8 saturated carbocycles. The fourth-order valence-corrected chi connectivity index (χ4v) is 28.4. The van der Waals surface area contributed by atoms with E-state index in [1.807, 2.05) is 13.8 Å². The number of thiophene rings is 1. The predicted molar refractivity (Wildman–Crippen MR) is 503 cm³/mol. The van der Waals surface area contributed by atoms with Crippen molar-refractivity contribution in [2.75, 3.05) is 5.75 Å². The second-order valence-corrected chi connectivity index (χ2v) is 47.1. The van der Waals surface area contributed by atoms with Crippen molar-refractivity contribution in [2.45, 2.75) is 256 Å². The average molecular weight is 1870 g/mol. The minimum atomic E-state index is -5.14. The Morgan fingerprint density at radius 1 is 0.519 bits per heavy atom. The number of fused-ring (bicyclic) bond motifs is 8. The molecule has 0 amide bonds. The Kier molecular flexibility index (Phi) is 30.4. The molecule has 18 rings (SSSR count). The molecule has 8 aliphatic carbocycles. The topological polar surface area (TPSA) is 187 Å². The van der Waals surface area contributed by atoms with Gasteiger partial charge in [0.1, 0.15) is 28.9 Å². The molecule has 13 atom stereocenters. The molecule has 8 aliphatic rings. The number of Topliss-reactive ketones (excluding diaryl/α,β-unsaturated/α-hetero) is 4. The van der Waals surface area contributed by atoms with Gasteiger partial charge in [0.2, 0.25) is 6.10 Å². The number of carbonyl (C=O) groups excluding carboxylic acids is 6. The van der Waals surface area contributed by atoms with Crippen LogP contribution < -0.4 is 4.74 Å². The summed E-state index contributed by atoms with van der Waals surface area (Å²) in [7, 11) is -5.66. The zero-order chi connectivity index (χ0) is 94.7. The van der Waals surface area contributed by atoms with Gasteiger partial charge in [0.05, 0.1) is 43.1 Å². The van der Waals surface area contributed by atoms with Gasteiger partial charge in [-0.15, -0.1) is 0 Å². The van der Waals surface area contributed by atoms with E-state index in [-0.39, 0.29) is 120 Å². The van der Waals surface area contributed by atoms with Crippen LogP contribution in [0, 0.1) is 69.5 Å². The van der Waals surface area contributed by atoms with Gasteiger partial charge in [-0.25, -0.2) is 26.0 Å². The van der Waals surface area contributed by atoms with Gasteiger partial charge < -0.3 is 18.8 Å². The summed E-state index contributed by atoms with van der Waals surface area (Å²) in [5.41, 5.74) is 0.899. The van der Waals surface area contributed by atoms with Crippen LogP contribution in [-0.2, 0) is 81.0 Å². The first kappa shape index (κ1) is 99.2. The molecule has 12 nitrogen and oxygen atoms in total. The number of rotatable bonds is 20. The first-order valence-corrected chi connectivity index (χ1v) is 50.8. The van der Waals surface area contributed by atoms with E-state index in [0.29, 0.717) is 57.3 Å². The number of ketones is 4. The summed E-state index contributed by atoms with van der Waals surface area (Å²) in [6, 6.07) is 83.3. The zero-order valence-electron chi connectivity index (χ0n) is 76.8. The molecule has 1 aromatic heterocycles. The minimum Gasteiger partial charge on any atom is -0.748 e. The van der Waals surface area contributed by atoms with E-state index in [1.165, 1.54) is 76.9 Å². The summed E-state index contributed by atoms with van der Waals surface area (Å²) in [5.74, 6) is -7.92. The SMILES string of the molecule is CC(C)(C)c1ccc([S+](c2ccc(OC(CS(=O)(=O)[O-])C(F)(F)F)cc2)c2ccc(C(C)(C)C)cc2)cc1.CC(CCC(=O)OC(C)C(C)(F)F)[C@H]1CC[C@H]2[C@@H]3C(=O)C[C@@H]4CC(=O)CC[C@]4(C)[C@H]3CC(=O)[C@]12C.CC(OC(=O)C12CC3CC(C1)C(=O)C(C3)C2)C(C)(F)F.c1ccc(-[s+]2c3ccccc3c3ccccc32)cc1.c1ccc([S+](c2ccccc2)c2ccccc2)cc1. The normalized spacial score (nSPS) is 24.4. The number of alkyl halides is 7. The molecule has 131 heavy (non-hydrogen) atoms. The third kappa shape index (κ3) is 22.9. The Morgan fingerprint density at radius 3 is 1.39 bits per heavy atom. The minimum absolute atomic E-state index is 0.00476. The fraction of sp³-hybridized carbons (Fsp3) is 0.444. The summed E-state index contributed by atoms with van der Waals surface area (Å²) < 4.78 is 144. The molecular weight excluding hydrogens is 1750 g/mol. The second-order valence-electron chi connectivity index (χ2n) is 39.6. The van der Waals surface area contributed by atoms with Gasteiger partial charge in [-0.3, -0.25) is 28.8 Å². The van der Waals surface area contributed by atoms with E-state index < -0.39 is 85.9 Å². The van der Waals surface area contributed by atoms with Crippen molar-refractivity contribution in [2.24, 2.45) is 69.5 Å². The predicted octanol–water partition coefficient (Wildman–Crippen LogP) is 26.3. The highest BCUT2D eigenvalue weighted by Gasteiger charge is 2.67.